The summed E-state index contributed by atoms with van der Waals surface area (Å²) in [7, 11) is 1.44. The van der Waals surface area contributed by atoms with Crippen LogP contribution in [0.15, 0.2) is 65.5 Å². The lowest BCUT2D eigenvalue weighted by molar-refractivity contribution is -0.138. The number of aryl methyl sites for hydroxylation is 2. The van der Waals surface area contributed by atoms with Crippen LogP contribution in [0.3, 0.4) is 0 Å². The highest BCUT2D eigenvalue weighted by molar-refractivity contribution is 5.78. The number of pyridine rings is 1. The van der Waals surface area contributed by atoms with Crippen LogP contribution in [-0.2, 0) is 35.7 Å². The largest absolute Gasteiger partial charge is 0.494 e. The van der Waals surface area contributed by atoms with Gasteiger partial charge in [-0.15, -0.1) is 0 Å². The lowest BCUT2D eigenvalue weighted by atomic mass is 9.95. The van der Waals surface area contributed by atoms with Gasteiger partial charge in [0.2, 0.25) is 6.79 Å². The topological polar surface area (TPSA) is 134 Å². The molecule has 2 heterocycles. The summed E-state index contributed by atoms with van der Waals surface area (Å²) in [5, 5.41) is 18.2. The molecule has 1 aromatic heterocycles. The summed E-state index contributed by atoms with van der Waals surface area (Å²) in [5.41, 5.74) is 0.982. The van der Waals surface area contributed by atoms with Gasteiger partial charge in [0.25, 0.3) is 5.56 Å². The Bertz CT molecular complexity index is 2000. The zero-order valence-electron chi connectivity index (χ0n) is 29.6. The van der Waals surface area contributed by atoms with Crippen LogP contribution >= 0.6 is 0 Å². The minimum absolute atomic E-state index is 0.0218. The minimum Gasteiger partial charge on any atom is -0.494 e. The smallest absolute Gasteiger partial charge is 0.417 e. The van der Waals surface area contributed by atoms with E-state index in [0.717, 1.165) is 36.5 Å². The number of hydrogen-bond acceptors (Lipinski definition) is 7. The van der Waals surface area contributed by atoms with Gasteiger partial charge in [0.05, 0.1) is 24.3 Å². The number of ether oxygens (including phenoxy) is 4. The number of halogens is 3. The number of carbonyl (C=O) groups is 2. The highest BCUT2D eigenvalue weighted by Gasteiger charge is 2.36. The van der Waals surface area contributed by atoms with E-state index in [1.807, 2.05) is 12.1 Å². The summed E-state index contributed by atoms with van der Waals surface area (Å²) >= 11 is 0. The predicted molar refractivity (Wildman–Crippen MR) is 191 cm³/mol. The van der Waals surface area contributed by atoms with Crippen LogP contribution in [0.5, 0.6) is 23.0 Å². The molecule has 0 fully saturated rings. The maximum absolute atomic E-state index is 14.3. The molecule has 0 amide bonds. The fourth-order valence-electron chi connectivity index (χ4n) is 6.26. The maximum atomic E-state index is 14.3. The Kier molecular flexibility index (Phi) is 12.7. The summed E-state index contributed by atoms with van der Waals surface area (Å²) in [4.78, 5) is 35.5. The molecule has 3 aromatic carbocycles. The third kappa shape index (κ3) is 10.1. The number of nitrogens with zero attached hydrogens (tertiary/aromatic N) is 1. The predicted octanol–water partition coefficient (Wildman–Crippen LogP) is 8.22. The van der Waals surface area contributed by atoms with E-state index in [0.29, 0.717) is 59.8 Å². The Morgan fingerprint density at radius 3 is 2.26 bits per heavy atom. The van der Waals surface area contributed by atoms with Gasteiger partial charge in [0.1, 0.15) is 11.5 Å². The van der Waals surface area contributed by atoms with Gasteiger partial charge in [0, 0.05) is 25.6 Å². The zero-order valence-corrected chi connectivity index (χ0v) is 29.6. The Hall–Kier alpha value is -5.46. The molecule has 0 unspecified atom stereocenters. The van der Waals surface area contributed by atoms with Crippen LogP contribution in [0.25, 0.3) is 22.3 Å². The second-order valence-corrected chi connectivity index (χ2v) is 12.9. The van der Waals surface area contributed by atoms with Gasteiger partial charge in [-0.05, 0) is 109 Å². The molecule has 0 radical (unpaired) electrons. The zero-order chi connectivity index (χ0) is 38.1. The maximum Gasteiger partial charge on any atom is 0.417 e. The van der Waals surface area contributed by atoms with Crippen molar-refractivity contribution in [2.24, 2.45) is 7.05 Å². The molecule has 1 aliphatic heterocycles. The Morgan fingerprint density at radius 1 is 0.792 bits per heavy atom. The van der Waals surface area contributed by atoms with Crippen molar-refractivity contribution in [3.8, 4) is 45.3 Å². The normalized spacial score (nSPS) is 12.2. The van der Waals surface area contributed by atoms with E-state index in [1.54, 1.807) is 36.4 Å². The highest BCUT2D eigenvalue weighted by Crippen LogP contribution is 2.41. The summed E-state index contributed by atoms with van der Waals surface area (Å²) in [6, 6.07) is 16.5. The van der Waals surface area contributed by atoms with Crippen molar-refractivity contribution >= 4 is 11.9 Å². The number of rotatable bonds is 18. The molecule has 13 heteroatoms. The van der Waals surface area contributed by atoms with Crippen LogP contribution in [0.1, 0.15) is 67.3 Å². The molecule has 53 heavy (non-hydrogen) atoms. The van der Waals surface area contributed by atoms with E-state index in [4.69, 9.17) is 24.1 Å². The van der Waals surface area contributed by atoms with Crippen molar-refractivity contribution in [2.45, 2.75) is 70.9 Å². The number of carboxylic acid groups (broad SMARTS) is 2. The molecule has 10 nitrogen and oxygen atoms in total. The average molecular weight is 738 g/mol. The molecule has 0 aliphatic carbocycles. The molecule has 0 saturated heterocycles. The van der Waals surface area contributed by atoms with Crippen LogP contribution in [0, 0.1) is 6.92 Å². The average Bonchev–Trinajstić information content (AvgIpc) is 3.59. The molecular formula is C40H42F3NO9. The molecule has 0 atom stereocenters. The number of hydrogen-bond donors (Lipinski definition) is 2. The number of aromatic nitrogens is 1. The van der Waals surface area contributed by atoms with Crippen molar-refractivity contribution in [1.82, 2.24) is 4.57 Å². The summed E-state index contributed by atoms with van der Waals surface area (Å²) < 4.78 is 67.0. The van der Waals surface area contributed by atoms with Gasteiger partial charge < -0.3 is 33.7 Å². The number of fused-ring (bicyclic) bond motifs is 1. The second kappa shape index (κ2) is 17.4. The van der Waals surface area contributed by atoms with Crippen molar-refractivity contribution < 1.29 is 51.9 Å². The van der Waals surface area contributed by atoms with Crippen LogP contribution in [0.2, 0.25) is 0 Å². The molecule has 5 rings (SSSR count). The first-order chi connectivity index (χ1) is 25.3. The van der Waals surface area contributed by atoms with E-state index in [9.17, 15) is 32.7 Å². The lowest BCUT2D eigenvalue weighted by Gasteiger charge is -2.18. The molecule has 282 valence electrons. The fourth-order valence-corrected chi connectivity index (χ4v) is 6.26. The standard InChI is InChI=1S/C40H42F3NO9/c1-25-19-32(40(41,42)43)38(39(49)44(25)2)29-20-28(27-13-15-34-35(23-27)53-24-52-34)21-30(22-29)50-17-6-4-3-5-9-26-10-7-11-33(31(26)14-16-37(47)48)51-18-8-12-36(45)46/h7,10-11,13,15,19-23H,3-6,8-9,12,14,16-18,24H2,1-2H3,(H,45,46)(H,47,48). The molecule has 4 aromatic rings. The van der Waals surface area contributed by atoms with Gasteiger partial charge in [-0.1, -0.05) is 31.0 Å². The van der Waals surface area contributed by atoms with Crippen molar-refractivity contribution in [1.29, 1.82) is 0 Å². The second-order valence-electron chi connectivity index (χ2n) is 12.9. The highest BCUT2D eigenvalue weighted by atomic mass is 19.4. The number of benzene rings is 3. The molecule has 0 spiro atoms. The van der Waals surface area contributed by atoms with E-state index < -0.39 is 34.8 Å². The van der Waals surface area contributed by atoms with Crippen molar-refractivity contribution in [3.05, 3.63) is 93.4 Å². The molecule has 0 bridgehead atoms. The van der Waals surface area contributed by atoms with Gasteiger partial charge in [-0.2, -0.15) is 13.2 Å². The van der Waals surface area contributed by atoms with Crippen molar-refractivity contribution in [2.75, 3.05) is 20.0 Å². The van der Waals surface area contributed by atoms with E-state index >= 15 is 0 Å². The minimum atomic E-state index is -4.77. The Morgan fingerprint density at radius 2 is 1.51 bits per heavy atom. The van der Waals surface area contributed by atoms with Crippen LogP contribution < -0.4 is 24.5 Å². The lowest BCUT2D eigenvalue weighted by Crippen LogP contribution is -2.25. The van der Waals surface area contributed by atoms with Gasteiger partial charge >= 0.3 is 18.1 Å². The van der Waals surface area contributed by atoms with E-state index in [-0.39, 0.29) is 44.1 Å². The van der Waals surface area contributed by atoms with Gasteiger partial charge in [-0.25, -0.2) is 0 Å². The molecule has 1 aliphatic rings. The van der Waals surface area contributed by atoms with E-state index in [1.165, 1.54) is 24.6 Å². The number of aliphatic carboxylic acids is 2. The summed E-state index contributed by atoms with van der Waals surface area (Å²) in [5.74, 6) is 0.102. The summed E-state index contributed by atoms with van der Waals surface area (Å²) in [6.45, 7) is 2.01. The number of carboxylic acids is 2. The van der Waals surface area contributed by atoms with Gasteiger partial charge in [0.15, 0.2) is 11.5 Å². The Balaban J connectivity index is 1.27. The number of unbranched alkanes of at least 4 members (excludes halogenated alkanes) is 3. The number of alkyl halides is 3. The first-order valence-electron chi connectivity index (χ1n) is 17.4. The van der Waals surface area contributed by atoms with E-state index in [2.05, 4.69) is 0 Å². The fraction of sp³-hybridized carbons (Fsp3) is 0.375. The third-order valence-corrected chi connectivity index (χ3v) is 9.10. The van der Waals surface area contributed by atoms with Gasteiger partial charge in [-0.3, -0.25) is 14.4 Å². The van der Waals surface area contributed by atoms with Crippen LogP contribution in [-0.4, -0.2) is 46.7 Å². The van der Waals surface area contributed by atoms with Crippen molar-refractivity contribution in [3.63, 3.8) is 0 Å². The summed E-state index contributed by atoms with van der Waals surface area (Å²) in [6.07, 6.45) is -0.440. The first kappa shape index (κ1) is 38.8. The quantitative estimate of drug-likeness (QED) is 0.0970. The first-order valence-corrected chi connectivity index (χ1v) is 17.4. The van der Waals surface area contributed by atoms with Crippen LogP contribution in [0.4, 0.5) is 13.2 Å². The monoisotopic (exact) mass is 737 g/mol. The third-order valence-electron chi connectivity index (χ3n) is 9.10. The Labute approximate surface area is 304 Å². The molecule has 0 saturated carbocycles. The molecular weight excluding hydrogens is 695 g/mol. The SMILES string of the molecule is Cc1cc(C(F)(F)F)c(-c2cc(OCCCCCCc3cccc(OCCCC(=O)O)c3CCC(=O)O)cc(-c3ccc4c(c3)OCO4)c2)c(=O)n1C. The molecule has 2 N–H and O–H groups in total.